The number of fused-ring (bicyclic) bond motifs is 1. The van der Waals surface area contributed by atoms with E-state index >= 15 is 0 Å². The van der Waals surface area contributed by atoms with Gasteiger partial charge in [-0.25, -0.2) is 4.39 Å². The number of hydrogen-bond acceptors (Lipinski definition) is 3. The van der Waals surface area contributed by atoms with Crippen molar-refractivity contribution in [1.82, 2.24) is 0 Å². The Morgan fingerprint density at radius 1 is 1.33 bits per heavy atom. The molecular weight excluding hydrogens is 337 g/mol. The normalized spacial score (nSPS) is 17.3. The maximum absolute atomic E-state index is 13.2. The van der Waals surface area contributed by atoms with Crippen LogP contribution in [0, 0.1) is 5.82 Å². The highest BCUT2D eigenvalue weighted by Crippen LogP contribution is 2.34. The van der Waals surface area contributed by atoms with E-state index in [1.807, 2.05) is 18.2 Å². The zero-order valence-corrected chi connectivity index (χ0v) is 12.9. The molecule has 3 nitrogen and oxygen atoms in total. The van der Waals surface area contributed by atoms with Crippen LogP contribution in [0.2, 0.25) is 0 Å². The van der Waals surface area contributed by atoms with Crippen molar-refractivity contribution in [1.29, 1.82) is 0 Å². The minimum Gasteiger partial charge on any atom is -0.487 e. The van der Waals surface area contributed by atoms with Gasteiger partial charge in [-0.15, -0.1) is 0 Å². The summed E-state index contributed by atoms with van der Waals surface area (Å²) < 4.78 is 25.2. The van der Waals surface area contributed by atoms with E-state index in [9.17, 15) is 4.39 Å². The van der Waals surface area contributed by atoms with Crippen LogP contribution >= 0.6 is 15.9 Å². The molecule has 21 heavy (non-hydrogen) atoms. The topological polar surface area (TPSA) is 44.5 Å². The minimum atomic E-state index is -0.397. The van der Waals surface area contributed by atoms with Crippen molar-refractivity contribution in [2.45, 2.75) is 12.5 Å². The lowest BCUT2D eigenvalue weighted by Gasteiger charge is -2.26. The third kappa shape index (κ3) is 3.04. The summed E-state index contributed by atoms with van der Waals surface area (Å²) in [6.45, 7) is 1.01. The molecule has 0 saturated heterocycles. The lowest BCUT2D eigenvalue weighted by atomic mass is 9.98. The molecule has 1 aliphatic heterocycles. The molecule has 0 spiro atoms. The predicted molar refractivity (Wildman–Crippen MR) is 82.8 cm³/mol. The van der Waals surface area contributed by atoms with Gasteiger partial charge in [0, 0.05) is 6.07 Å². The standard InChI is InChI=1S/C16H15BrFNO2/c17-13-7-11(18)8-14(19)16(13)21-9-15-12-4-2-1-3-10(12)5-6-20-15/h1-4,7-8,15H,5-6,9,19H2. The van der Waals surface area contributed by atoms with Crippen molar-refractivity contribution in [3.63, 3.8) is 0 Å². The Hall–Kier alpha value is -1.59. The van der Waals surface area contributed by atoms with E-state index in [2.05, 4.69) is 22.0 Å². The van der Waals surface area contributed by atoms with Gasteiger partial charge in [0.1, 0.15) is 18.5 Å². The molecule has 1 heterocycles. The fourth-order valence-electron chi connectivity index (χ4n) is 2.51. The van der Waals surface area contributed by atoms with Crippen LogP contribution < -0.4 is 10.5 Å². The first kappa shape index (κ1) is 14.4. The maximum Gasteiger partial charge on any atom is 0.156 e. The van der Waals surface area contributed by atoms with Gasteiger partial charge in [0.05, 0.1) is 16.8 Å². The van der Waals surface area contributed by atoms with Crippen LogP contribution in [-0.2, 0) is 11.2 Å². The second-order valence-corrected chi connectivity index (χ2v) is 5.78. The molecule has 1 unspecified atom stereocenters. The monoisotopic (exact) mass is 351 g/mol. The van der Waals surface area contributed by atoms with E-state index in [4.69, 9.17) is 15.2 Å². The quantitative estimate of drug-likeness (QED) is 0.853. The van der Waals surface area contributed by atoms with Gasteiger partial charge in [0.2, 0.25) is 0 Å². The summed E-state index contributed by atoms with van der Waals surface area (Å²) in [5.74, 6) is 0.0500. The molecule has 1 atom stereocenters. The van der Waals surface area contributed by atoms with Gasteiger partial charge < -0.3 is 15.2 Å². The smallest absolute Gasteiger partial charge is 0.156 e. The van der Waals surface area contributed by atoms with Crippen LogP contribution in [0.25, 0.3) is 0 Å². The van der Waals surface area contributed by atoms with Crippen LogP contribution in [0.1, 0.15) is 17.2 Å². The molecule has 0 radical (unpaired) electrons. The van der Waals surface area contributed by atoms with Gasteiger partial charge in [-0.3, -0.25) is 0 Å². The Morgan fingerprint density at radius 2 is 2.14 bits per heavy atom. The summed E-state index contributed by atoms with van der Waals surface area (Å²) in [4.78, 5) is 0. The van der Waals surface area contributed by atoms with Gasteiger partial charge in [0.25, 0.3) is 0 Å². The molecule has 2 aromatic carbocycles. The van der Waals surface area contributed by atoms with Crippen LogP contribution in [0.15, 0.2) is 40.9 Å². The molecule has 1 aliphatic rings. The van der Waals surface area contributed by atoms with Gasteiger partial charge in [-0.1, -0.05) is 24.3 Å². The number of rotatable bonds is 3. The number of hydrogen-bond donors (Lipinski definition) is 1. The summed E-state index contributed by atoms with van der Waals surface area (Å²) >= 11 is 3.27. The molecule has 0 saturated carbocycles. The highest BCUT2D eigenvalue weighted by molar-refractivity contribution is 9.10. The van der Waals surface area contributed by atoms with E-state index in [1.165, 1.54) is 17.7 Å². The summed E-state index contributed by atoms with van der Waals surface area (Å²) in [7, 11) is 0. The molecule has 0 amide bonds. The number of benzene rings is 2. The van der Waals surface area contributed by atoms with Gasteiger partial charge in [-0.2, -0.15) is 0 Å². The largest absolute Gasteiger partial charge is 0.487 e. The molecule has 2 N–H and O–H groups in total. The first-order valence-corrected chi connectivity index (χ1v) is 7.51. The molecule has 3 rings (SSSR count). The van der Waals surface area contributed by atoms with Crippen molar-refractivity contribution >= 4 is 21.6 Å². The Kier molecular flexibility index (Phi) is 4.12. The SMILES string of the molecule is Nc1cc(F)cc(Br)c1OCC1OCCc2ccccc21. The lowest BCUT2D eigenvalue weighted by molar-refractivity contribution is 0.0102. The van der Waals surface area contributed by atoms with E-state index in [1.54, 1.807) is 0 Å². The molecule has 2 aromatic rings. The first-order chi connectivity index (χ1) is 10.1. The summed E-state index contributed by atoms with van der Waals surface area (Å²) in [5.41, 5.74) is 8.49. The summed E-state index contributed by atoms with van der Waals surface area (Å²) in [6, 6.07) is 10.7. The van der Waals surface area contributed by atoms with E-state index in [-0.39, 0.29) is 11.8 Å². The molecule has 0 aromatic heterocycles. The fourth-order valence-corrected chi connectivity index (χ4v) is 3.07. The van der Waals surface area contributed by atoms with Gasteiger partial charge in [-0.05, 0) is 39.5 Å². The molecule has 5 heteroatoms. The lowest BCUT2D eigenvalue weighted by Crippen LogP contribution is -2.22. The highest BCUT2D eigenvalue weighted by atomic mass is 79.9. The molecular formula is C16H15BrFNO2. The van der Waals surface area contributed by atoms with Gasteiger partial charge in [0.15, 0.2) is 5.75 Å². The van der Waals surface area contributed by atoms with E-state index in [0.29, 0.717) is 23.4 Å². The molecule has 0 fully saturated rings. The zero-order valence-electron chi connectivity index (χ0n) is 11.3. The number of anilines is 1. The van der Waals surface area contributed by atoms with Gasteiger partial charge >= 0.3 is 0 Å². The van der Waals surface area contributed by atoms with Crippen LogP contribution in [0.3, 0.4) is 0 Å². The Morgan fingerprint density at radius 3 is 2.95 bits per heavy atom. The second-order valence-electron chi connectivity index (χ2n) is 4.93. The average molecular weight is 352 g/mol. The average Bonchev–Trinajstić information content (AvgIpc) is 2.46. The third-order valence-corrected chi connectivity index (χ3v) is 4.10. The zero-order chi connectivity index (χ0) is 14.8. The van der Waals surface area contributed by atoms with Crippen LogP contribution in [-0.4, -0.2) is 13.2 Å². The number of halogens is 2. The predicted octanol–water partition coefficient (Wildman–Crippen LogP) is 3.86. The van der Waals surface area contributed by atoms with Crippen molar-refractivity contribution in [3.8, 4) is 5.75 Å². The minimum absolute atomic E-state index is 0.133. The number of nitrogens with two attached hydrogens (primary N) is 1. The van der Waals surface area contributed by atoms with E-state index in [0.717, 1.165) is 12.0 Å². The van der Waals surface area contributed by atoms with Crippen molar-refractivity contribution in [3.05, 3.63) is 57.8 Å². The van der Waals surface area contributed by atoms with Crippen LogP contribution in [0.4, 0.5) is 10.1 Å². The third-order valence-electron chi connectivity index (χ3n) is 3.51. The van der Waals surface area contributed by atoms with Crippen molar-refractivity contribution in [2.24, 2.45) is 0 Å². The van der Waals surface area contributed by atoms with E-state index < -0.39 is 5.82 Å². The fraction of sp³-hybridized carbons (Fsp3) is 0.250. The molecule has 0 bridgehead atoms. The Labute approximate surface area is 131 Å². The van der Waals surface area contributed by atoms with Crippen LogP contribution in [0.5, 0.6) is 5.75 Å². The second kappa shape index (κ2) is 6.03. The maximum atomic E-state index is 13.2. The summed E-state index contributed by atoms with van der Waals surface area (Å²) in [6.07, 6.45) is 0.779. The number of nitrogen functional groups attached to an aromatic ring is 1. The van der Waals surface area contributed by atoms with Crippen molar-refractivity contribution < 1.29 is 13.9 Å². The Bertz CT molecular complexity index is 639. The number of ether oxygens (including phenoxy) is 2. The molecule has 110 valence electrons. The van der Waals surface area contributed by atoms with Crippen molar-refractivity contribution in [2.75, 3.05) is 18.9 Å². The Balaban J connectivity index is 1.78. The highest BCUT2D eigenvalue weighted by Gasteiger charge is 2.22. The first-order valence-electron chi connectivity index (χ1n) is 6.72. The molecule has 0 aliphatic carbocycles. The summed E-state index contributed by atoms with van der Waals surface area (Å²) in [5, 5.41) is 0.